The van der Waals surface area contributed by atoms with Crippen LogP contribution in [0.25, 0.3) is 0 Å². The molecule has 21 heavy (non-hydrogen) atoms. The summed E-state index contributed by atoms with van der Waals surface area (Å²) < 4.78 is 13.8. The Hall–Kier alpha value is -2.37. The van der Waals surface area contributed by atoms with Crippen molar-refractivity contribution in [2.24, 2.45) is 0 Å². The predicted molar refractivity (Wildman–Crippen MR) is 82.4 cm³/mol. The van der Waals surface area contributed by atoms with Gasteiger partial charge in [-0.2, -0.15) is 4.98 Å². The molecule has 2 heterocycles. The molecule has 1 aromatic heterocycles. The van der Waals surface area contributed by atoms with E-state index in [4.69, 9.17) is 0 Å². The zero-order valence-corrected chi connectivity index (χ0v) is 12.0. The average molecular weight is 287 g/mol. The van der Waals surface area contributed by atoms with E-state index in [-0.39, 0.29) is 5.82 Å². The average Bonchev–Trinajstić information content (AvgIpc) is 2.56. The largest absolute Gasteiger partial charge is 0.366 e. The van der Waals surface area contributed by atoms with Gasteiger partial charge in [-0.25, -0.2) is 9.37 Å². The normalized spacial score (nSPS) is 15.1. The van der Waals surface area contributed by atoms with E-state index in [9.17, 15) is 4.39 Å². The highest BCUT2D eigenvalue weighted by atomic mass is 19.1. The van der Waals surface area contributed by atoms with Crippen LogP contribution in [-0.4, -0.2) is 43.2 Å². The van der Waals surface area contributed by atoms with E-state index in [1.165, 1.54) is 6.07 Å². The number of piperazine rings is 1. The van der Waals surface area contributed by atoms with Crippen LogP contribution in [0.5, 0.6) is 0 Å². The maximum Gasteiger partial charge on any atom is 0.224 e. The zero-order valence-electron chi connectivity index (χ0n) is 12.0. The minimum absolute atomic E-state index is 0.162. The summed E-state index contributed by atoms with van der Waals surface area (Å²) in [5, 5.41) is 2.94. The Morgan fingerprint density at radius 2 is 1.76 bits per heavy atom. The molecular formula is C15H18FN5. The Morgan fingerprint density at radius 1 is 1.05 bits per heavy atom. The molecule has 1 aliphatic heterocycles. The third-order valence-corrected chi connectivity index (χ3v) is 3.66. The van der Waals surface area contributed by atoms with Crippen molar-refractivity contribution >= 4 is 17.5 Å². The number of benzene rings is 1. The van der Waals surface area contributed by atoms with Gasteiger partial charge in [0, 0.05) is 39.4 Å². The lowest BCUT2D eigenvalue weighted by atomic mass is 10.2. The minimum Gasteiger partial charge on any atom is -0.366 e. The third-order valence-electron chi connectivity index (χ3n) is 3.66. The fourth-order valence-electron chi connectivity index (χ4n) is 2.53. The van der Waals surface area contributed by atoms with Crippen molar-refractivity contribution in [3.8, 4) is 0 Å². The topological polar surface area (TPSA) is 44.3 Å². The third kappa shape index (κ3) is 2.89. The lowest BCUT2D eigenvalue weighted by molar-refractivity contribution is 0.596. The second kappa shape index (κ2) is 5.95. The number of hydrogen-bond acceptors (Lipinski definition) is 5. The van der Waals surface area contributed by atoms with E-state index in [2.05, 4.69) is 25.1 Å². The van der Waals surface area contributed by atoms with Crippen LogP contribution in [0.3, 0.4) is 0 Å². The van der Waals surface area contributed by atoms with E-state index in [1.807, 2.05) is 18.2 Å². The SMILES string of the molecule is CNc1nccc(N2CCN(c3ccccc3F)CC2)n1. The second-order valence-electron chi connectivity index (χ2n) is 4.91. The Bertz CT molecular complexity index is 611. The van der Waals surface area contributed by atoms with E-state index in [1.54, 1.807) is 19.3 Å². The molecule has 1 N–H and O–H groups in total. The molecule has 1 fully saturated rings. The lowest BCUT2D eigenvalue weighted by Gasteiger charge is -2.36. The first-order chi connectivity index (χ1) is 10.3. The first-order valence-electron chi connectivity index (χ1n) is 7.03. The van der Waals surface area contributed by atoms with Gasteiger partial charge in [-0.1, -0.05) is 12.1 Å². The molecule has 1 aliphatic rings. The number of aromatic nitrogens is 2. The summed E-state index contributed by atoms with van der Waals surface area (Å²) in [4.78, 5) is 12.8. The van der Waals surface area contributed by atoms with Gasteiger partial charge in [-0.05, 0) is 18.2 Å². The Kier molecular flexibility index (Phi) is 3.85. The number of rotatable bonds is 3. The van der Waals surface area contributed by atoms with E-state index in [0.29, 0.717) is 11.6 Å². The van der Waals surface area contributed by atoms with Gasteiger partial charge in [0.2, 0.25) is 5.95 Å². The fourth-order valence-corrected chi connectivity index (χ4v) is 2.53. The number of anilines is 3. The van der Waals surface area contributed by atoms with Crippen LogP contribution in [0, 0.1) is 5.82 Å². The quantitative estimate of drug-likeness (QED) is 0.935. The summed E-state index contributed by atoms with van der Waals surface area (Å²) in [5.74, 6) is 1.36. The molecule has 0 bridgehead atoms. The Morgan fingerprint density at radius 3 is 2.48 bits per heavy atom. The highest BCUT2D eigenvalue weighted by Crippen LogP contribution is 2.22. The first kappa shape index (κ1) is 13.6. The van der Waals surface area contributed by atoms with Crippen LogP contribution in [-0.2, 0) is 0 Å². The van der Waals surface area contributed by atoms with Gasteiger partial charge in [0.05, 0.1) is 5.69 Å². The first-order valence-corrected chi connectivity index (χ1v) is 7.03. The standard InChI is InChI=1S/C15H18FN5/c1-17-15-18-7-6-14(19-15)21-10-8-20(9-11-21)13-5-3-2-4-12(13)16/h2-7H,8-11H2,1H3,(H,17,18,19). The molecule has 3 rings (SSSR count). The number of nitrogens with one attached hydrogen (secondary N) is 1. The van der Waals surface area contributed by atoms with Gasteiger partial charge in [0.1, 0.15) is 11.6 Å². The maximum absolute atomic E-state index is 13.8. The predicted octanol–water partition coefficient (Wildman–Crippen LogP) is 1.98. The minimum atomic E-state index is -0.162. The van der Waals surface area contributed by atoms with Crippen molar-refractivity contribution in [2.75, 3.05) is 48.3 Å². The molecule has 5 nitrogen and oxygen atoms in total. The molecule has 1 aromatic carbocycles. The Labute approximate surface area is 123 Å². The summed E-state index contributed by atoms with van der Waals surface area (Å²) in [7, 11) is 1.80. The van der Waals surface area contributed by atoms with Crippen molar-refractivity contribution in [3.05, 3.63) is 42.3 Å². The van der Waals surface area contributed by atoms with Crippen molar-refractivity contribution in [3.63, 3.8) is 0 Å². The molecule has 0 radical (unpaired) electrons. The summed E-state index contributed by atoms with van der Waals surface area (Å²) >= 11 is 0. The number of halogens is 1. The molecule has 0 atom stereocenters. The number of para-hydroxylation sites is 1. The van der Waals surface area contributed by atoms with Crippen LogP contribution in [0.1, 0.15) is 0 Å². The molecular weight excluding hydrogens is 269 g/mol. The molecule has 0 aliphatic carbocycles. The molecule has 2 aromatic rings. The van der Waals surface area contributed by atoms with Gasteiger partial charge in [0.15, 0.2) is 0 Å². The van der Waals surface area contributed by atoms with E-state index in [0.717, 1.165) is 32.0 Å². The molecule has 0 saturated carbocycles. The molecule has 0 unspecified atom stereocenters. The summed E-state index contributed by atoms with van der Waals surface area (Å²) in [6, 6.07) is 8.82. The summed E-state index contributed by atoms with van der Waals surface area (Å²) in [6.45, 7) is 3.18. The zero-order chi connectivity index (χ0) is 14.7. The highest BCUT2D eigenvalue weighted by Gasteiger charge is 2.20. The van der Waals surface area contributed by atoms with Crippen molar-refractivity contribution in [1.29, 1.82) is 0 Å². The number of nitrogens with zero attached hydrogens (tertiary/aromatic N) is 4. The highest BCUT2D eigenvalue weighted by molar-refractivity contribution is 5.50. The van der Waals surface area contributed by atoms with Crippen LogP contribution >= 0.6 is 0 Å². The second-order valence-corrected chi connectivity index (χ2v) is 4.91. The lowest BCUT2D eigenvalue weighted by Crippen LogP contribution is -2.47. The maximum atomic E-state index is 13.8. The summed E-state index contributed by atoms with van der Waals surface area (Å²) in [5.41, 5.74) is 0.677. The van der Waals surface area contributed by atoms with Crippen LogP contribution in [0.2, 0.25) is 0 Å². The van der Waals surface area contributed by atoms with Gasteiger partial charge >= 0.3 is 0 Å². The molecule has 0 spiro atoms. The van der Waals surface area contributed by atoms with Crippen LogP contribution < -0.4 is 15.1 Å². The molecule has 110 valence electrons. The van der Waals surface area contributed by atoms with Crippen molar-refractivity contribution in [1.82, 2.24) is 9.97 Å². The molecule has 6 heteroatoms. The molecule has 1 saturated heterocycles. The van der Waals surface area contributed by atoms with Gasteiger partial charge in [-0.3, -0.25) is 0 Å². The van der Waals surface area contributed by atoms with E-state index < -0.39 is 0 Å². The van der Waals surface area contributed by atoms with Crippen LogP contribution in [0.15, 0.2) is 36.5 Å². The summed E-state index contributed by atoms with van der Waals surface area (Å²) in [6.07, 6.45) is 1.75. The molecule has 0 amide bonds. The Balaban J connectivity index is 1.69. The van der Waals surface area contributed by atoms with Crippen molar-refractivity contribution in [2.45, 2.75) is 0 Å². The van der Waals surface area contributed by atoms with Gasteiger partial charge in [-0.15, -0.1) is 0 Å². The fraction of sp³-hybridized carbons (Fsp3) is 0.333. The monoisotopic (exact) mass is 287 g/mol. The van der Waals surface area contributed by atoms with Crippen molar-refractivity contribution < 1.29 is 4.39 Å². The van der Waals surface area contributed by atoms with Crippen LogP contribution in [0.4, 0.5) is 21.8 Å². The van der Waals surface area contributed by atoms with Gasteiger partial charge < -0.3 is 15.1 Å². The van der Waals surface area contributed by atoms with Gasteiger partial charge in [0.25, 0.3) is 0 Å². The number of hydrogen-bond donors (Lipinski definition) is 1. The van der Waals surface area contributed by atoms with E-state index >= 15 is 0 Å². The smallest absolute Gasteiger partial charge is 0.224 e.